The van der Waals surface area contributed by atoms with E-state index in [2.05, 4.69) is 9.88 Å². The molecule has 0 bridgehead atoms. The molecule has 0 spiro atoms. The Morgan fingerprint density at radius 2 is 2.14 bits per heavy atom. The Bertz CT molecular complexity index is 473. The number of ether oxygens (including phenoxy) is 1. The van der Waals surface area contributed by atoms with Crippen molar-refractivity contribution >= 4 is 5.91 Å². The van der Waals surface area contributed by atoms with Crippen LogP contribution < -0.4 is 0 Å². The molecule has 1 aromatic rings. The van der Waals surface area contributed by atoms with Crippen molar-refractivity contribution in [3.05, 3.63) is 18.7 Å². The SMILES string of the molecule is O=C(Cn1ccnc1)N1CCC(O)(CN2CCOCC2)C1. The lowest BCUT2D eigenvalue weighted by Crippen LogP contribution is -2.49. The van der Waals surface area contributed by atoms with Gasteiger partial charge in [-0.3, -0.25) is 9.69 Å². The maximum atomic E-state index is 12.2. The van der Waals surface area contributed by atoms with Gasteiger partial charge in [-0.2, -0.15) is 0 Å². The van der Waals surface area contributed by atoms with Crippen LogP contribution in [-0.2, 0) is 16.1 Å². The Morgan fingerprint density at radius 3 is 2.86 bits per heavy atom. The van der Waals surface area contributed by atoms with Crippen LogP contribution in [0.3, 0.4) is 0 Å². The number of aromatic nitrogens is 2. The van der Waals surface area contributed by atoms with Crippen LogP contribution in [0.15, 0.2) is 18.7 Å². The van der Waals surface area contributed by atoms with Crippen molar-refractivity contribution in [3.63, 3.8) is 0 Å². The fourth-order valence-corrected chi connectivity index (χ4v) is 3.01. The minimum Gasteiger partial charge on any atom is -0.387 e. The number of hydrogen-bond donors (Lipinski definition) is 1. The number of imidazole rings is 1. The average molecular weight is 294 g/mol. The number of carbonyl (C=O) groups is 1. The predicted octanol–water partition coefficient (Wildman–Crippen LogP) is -0.821. The van der Waals surface area contributed by atoms with Gasteiger partial charge in [0, 0.05) is 38.6 Å². The van der Waals surface area contributed by atoms with E-state index >= 15 is 0 Å². The van der Waals surface area contributed by atoms with E-state index < -0.39 is 5.60 Å². The van der Waals surface area contributed by atoms with E-state index in [1.54, 1.807) is 28.2 Å². The molecule has 2 fully saturated rings. The standard InChI is InChI=1S/C14H22N4O3/c19-13(9-17-4-2-15-12-17)18-3-1-14(20,11-18)10-16-5-7-21-8-6-16/h2,4,12,20H,1,3,5-11H2. The fraction of sp³-hybridized carbons (Fsp3) is 0.714. The summed E-state index contributed by atoms with van der Waals surface area (Å²) in [6.07, 6.45) is 5.70. The highest BCUT2D eigenvalue weighted by molar-refractivity contribution is 5.76. The van der Waals surface area contributed by atoms with Crippen LogP contribution >= 0.6 is 0 Å². The lowest BCUT2D eigenvalue weighted by Gasteiger charge is -2.33. The van der Waals surface area contributed by atoms with Gasteiger partial charge in [-0.05, 0) is 6.42 Å². The number of amides is 1. The third-order valence-corrected chi connectivity index (χ3v) is 4.18. The van der Waals surface area contributed by atoms with Crippen molar-refractivity contribution < 1.29 is 14.6 Å². The topological polar surface area (TPSA) is 70.8 Å². The molecule has 1 N–H and O–H groups in total. The third-order valence-electron chi connectivity index (χ3n) is 4.18. The maximum absolute atomic E-state index is 12.2. The van der Waals surface area contributed by atoms with E-state index in [1.165, 1.54) is 0 Å². The van der Waals surface area contributed by atoms with E-state index in [9.17, 15) is 9.90 Å². The van der Waals surface area contributed by atoms with Crippen molar-refractivity contribution in [2.75, 3.05) is 45.9 Å². The second-order valence-electron chi connectivity index (χ2n) is 5.91. The Morgan fingerprint density at radius 1 is 1.33 bits per heavy atom. The highest BCUT2D eigenvalue weighted by atomic mass is 16.5. The van der Waals surface area contributed by atoms with E-state index in [0.717, 1.165) is 26.3 Å². The molecule has 0 radical (unpaired) electrons. The van der Waals surface area contributed by atoms with E-state index in [1.807, 2.05) is 0 Å². The first-order chi connectivity index (χ1) is 10.1. The summed E-state index contributed by atoms with van der Waals surface area (Å²) in [5.41, 5.74) is -0.790. The molecule has 116 valence electrons. The molecule has 7 heteroatoms. The van der Waals surface area contributed by atoms with Gasteiger partial charge >= 0.3 is 0 Å². The zero-order valence-corrected chi connectivity index (χ0v) is 12.1. The van der Waals surface area contributed by atoms with Gasteiger partial charge in [0.2, 0.25) is 5.91 Å². The molecule has 1 amide bonds. The summed E-state index contributed by atoms with van der Waals surface area (Å²) < 4.78 is 7.07. The molecule has 0 aliphatic carbocycles. The summed E-state index contributed by atoms with van der Waals surface area (Å²) in [6.45, 7) is 5.08. The summed E-state index contributed by atoms with van der Waals surface area (Å²) in [5.74, 6) is 0.0332. The number of likely N-dealkylation sites (tertiary alicyclic amines) is 1. The van der Waals surface area contributed by atoms with Crippen LogP contribution in [0.4, 0.5) is 0 Å². The Hall–Kier alpha value is -1.44. The molecule has 3 rings (SSSR count). The third kappa shape index (κ3) is 3.61. The molecule has 0 saturated carbocycles. The lowest BCUT2D eigenvalue weighted by atomic mass is 10.0. The van der Waals surface area contributed by atoms with Gasteiger partial charge in [-0.25, -0.2) is 4.98 Å². The summed E-state index contributed by atoms with van der Waals surface area (Å²) >= 11 is 0. The normalized spacial score (nSPS) is 27.2. The van der Waals surface area contributed by atoms with E-state index in [0.29, 0.717) is 26.1 Å². The molecule has 1 atom stereocenters. The summed E-state index contributed by atoms with van der Waals surface area (Å²) in [5, 5.41) is 10.7. The zero-order valence-electron chi connectivity index (χ0n) is 12.1. The van der Waals surface area contributed by atoms with Crippen LogP contribution in [0.1, 0.15) is 6.42 Å². The first kappa shape index (κ1) is 14.5. The second-order valence-corrected chi connectivity index (χ2v) is 5.91. The Kier molecular flexibility index (Phi) is 4.23. The summed E-state index contributed by atoms with van der Waals surface area (Å²) in [6, 6.07) is 0. The van der Waals surface area contributed by atoms with Gasteiger partial charge in [0.1, 0.15) is 6.54 Å². The second kappa shape index (κ2) is 6.13. The number of morpholine rings is 1. The van der Waals surface area contributed by atoms with Crippen LogP contribution in [0.2, 0.25) is 0 Å². The molecular weight excluding hydrogens is 272 g/mol. The largest absolute Gasteiger partial charge is 0.387 e. The number of carbonyl (C=O) groups excluding carboxylic acids is 1. The number of hydrogen-bond acceptors (Lipinski definition) is 5. The van der Waals surface area contributed by atoms with Gasteiger partial charge < -0.3 is 19.3 Å². The van der Waals surface area contributed by atoms with E-state index in [4.69, 9.17) is 4.74 Å². The smallest absolute Gasteiger partial charge is 0.242 e. The predicted molar refractivity (Wildman–Crippen MR) is 75.6 cm³/mol. The number of nitrogens with zero attached hydrogens (tertiary/aromatic N) is 4. The minimum atomic E-state index is -0.790. The van der Waals surface area contributed by atoms with Crippen molar-refractivity contribution in [1.29, 1.82) is 0 Å². The number of rotatable bonds is 4. The molecule has 3 heterocycles. The van der Waals surface area contributed by atoms with Crippen LogP contribution in [0.25, 0.3) is 0 Å². The van der Waals surface area contributed by atoms with Gasteiger partial charge in [0.25, 0.3) is 0 Å². The Labute approximate surface area is 124 Å². The van der Waals surface area contributed by atoms with Gasteiger partial charge in [0.15, 0.2) is 0 Å². The monoisotopic (exact) mass is 294 g/mol. The summed E-state index contributed by atoms with van der Waals surface area (Å²) in [7, 11) is 0. The quantitative estimate of drug-likeness (QED) is 0.785. The number of β-amino-alcohol motifs (C(OH)–C–C–N with tert-alkyl or cyclic N) is 1. The zero-order chi connectivity index (χ0) is 14.7. The minimum absolute atomic E-state index is 0.0332. The van der Waals surface area contributed by atoms with Crippen molar-refractivity contribution in [3.8, 4) is 0 Å². The first-order valence-electron chi connectivity index (χ1n) is 7.41. The van der Waals surface area contributed by atoms with Gasteiger partial charge in [-0.1, -0.05) is 0 Å². The van der Waals surface area contributed by atoms with Crippen LogP contribution in [0, 0.1) is 0 Å². The van der Waals surface area contributed by atoms with Crippen molar-refractivity contribution in [1.82, 2.24) is 19.4 Å². The molecule has 2 aliphatic rings. The Balaban J connectivity index is 1.52. The molecular formula is C14H22N4O3. The van der Waals surface area contributed by atoms with Crippen LogP contribution in [-0.4, -0.2) is 81.9 Å². The molecule has 0 aromatic carbocycles. The molecule has 2 aliphatic heterocycles. The molecule has 1 aromatic heterocycles. The van der Waals surface area contributed by atoms with Crippen molar-refractivity contribution in [2.24, 2.45) is 0 Å². The number of aliphatic hydroxyl groups is 1. The molecule has 7 nitrogen and oxygen atoms in total. The highest BCUT2D eigenvalue weighted by Crippen LogP contribution is 2.23. The molecule has 2 saturated heterocycles. The maximum Gasteiger partial charge on any atom is 0.242 e. The summed E-state index contributed by atoms with van der Waals surface area (Å²) in [4.78, 5) is 20.1. The van der Waals surface area contributed by atoms with Crippen LogP contribution in [0.5, 0.6) is 0 Å². The highest BCUT2D eigenvalue weighted by Gasteiger charge is 2.39. The lowest BCUT2D eigenvalue weighted by molar-refractivity contribution is -0.132. The molecule has 1 unspecified atom stereocenters. The molecule has 21 heavy (non-hydrogen) atoms. The van der Waals surface area contributed by atoms with Crippen molar-refractivity contribution in [2.45, 2.75) is 18.6 Å². The van der Waals surface area contributed by atoms with Gasteiger partial charge in [0.05, 0.1) is 31.7 Å². The average Bonchev–Trinajstić information content (AvgIpc) is 3.10. The van der Waals surface area contributed by atoms with E-state index in [-0.39, 0.29) is 12.5 Å². The fourth-order valence-electron chi connectivity index (χ4n) is 3.01. The first-order valence-corrected chi connectivity index (χ1v) is 7.41. The van der Waals surface area contributed by atoms with Gasteiger partial charge in [-0.15, -0.1) is 0 Å².